The van der Waals surface area contributed by atoms with Gasteiger partial charge in [-0.2, -0.15) is 0 Å². The van der Waals surface area contributed by atoms with Gasteiger partial charge in [0.05, 0.1) is 10.6 Å². The summed E-state index contributed by atoms with van der Waals surface area (Å²) in [6.45, 7) is 0. The van der Waals surface area contributed by atoms with E-state index in [0.717, 1.165) is 12.1 Å². The van der Waals surface area contributed by atoms with Crippen molar-refractivity contribution in [3.8, 4) is 0 Å². The van der Waals surface area contributed by atoms with Crippen molar-refractivity contribution in [3.05, 3.63) is 75.7 Å². The van der Waals surface area contributed by atoms with Crippen molar-refractivity contribution in [1.29, 1.82) is 0 Å². The van der Waals surface area contributed by atoms with Crippen molar-refractivity contribution in [1.82, 2.24) is 0 Å². The van der Waals surface area contributed by atoms with Crippen LogP contribution in [0.25, 0.3) is 6.08 Å². The Balaban J connectivity index is 2.03. The first-order chi connectivity index (χ1) is 11.0. The number of halogens is 4. The second-order valence-electron chi connectivity index (χ2n) is 4.60. The van der Waals surface area contributed by atoms with Gasteiger partial charge >= 0.3 is 5.97 Å². The summed E-state index contributed by atoms with van der Waals surface area (Å²) in [6, 6.07) is 7.29. The van der Waals surface area contributed by atoms with E-state index in [1.165, 1.54) is 24.3 Å². The molecule has 3 rings (SSSR count). The number of hydrogen-bond acceptors (Lipinski definition) is 3. The van der Waals surface area contributed by atoms with E-state index in [0.29, 0.717) is 0 Å². The molecule has 0 N–H and O–H groups in total. The number of carbonyl (C=O) groups excluding carboxylic acids is 1. The first kappa shape index (κ1) is 15.3. The Morgan fingerprint density at radius 1 is 1.04 bits per heavy atom. The predicted molar refractivity (Wildman–Crippen MR) is 78.4 cm³/mol. The molecule has 1 heterocycles. The van der Waals surface area contributed by atoms with Crippen LogP contribution in [0.2, 0.25) is 5.02 Å². The Morgan fingerprint density at radius 3 is 2.48 bits per heavy atom. The topological polar surface area (TPSA) is 38.7 Å². The molecule has 116 valence electrons. The summed E-state index contributed by atoms with van der Waals surface area (Å²) in [6.07, 6.45) is 1.19. The Kier molecular flexibility index (Phi) is 3.92. The zero-order valence-electron chi connectivity index (χ0n) is 11.3. The standard InChI is InChI=1S/C16H7ClF3NO2/c17-10-7-13(20)12(19)6-9(10)15-21-14(16(22)23-15)5-8-3-1-2-4-11(8)18/h1-7H/b14-5-. The maximum atomic E-state index is 13.6. The first-order valence-electron chi connectivity index (χ1n) is 6.37. The minimum absolute atomic E-state index is 0.0733. The van der Waals surface area contributed by atoms with E-state index in [-0.39, 0.29) is 27.7 Å². The van der Waals surface area contributed by atoms with Gasteiger partial charge in [-0.25, -0.2) is 23.0 Å². The average Bonchev–Trinajstić information content (AvgIpc) is 2.86. The molecular formula is C16H7ClF3NO2. The monoisotopic (exact) mass is 337 g/mol. The molecule has 0 aromatic heterocycles. The Morgan fingerprint density at radius 2 is 1.74 bits per heavy atom. The predicted octanol–water partition coefficient (Wildman–Crippen LogP) is 4.10. The summed E-state index contributed by atoms with van der Waals surface area (Å²) < 4.78 is 44.9. The summed E-state index contributed by atoms with van der Waals surface area (Å²) in [5.74, 6) is -3.95. The highest BCUT2D eigenvalue weighted by Crippen LogP contribution is 2.26. The number of rotatable bonds is 2. The third-order valence-electron chi connectivity index (χ3n) is 3.06. The summed E-state index contributed by atoms with van der Waals surface area (Å²) in [4.78, 5) is 15.7. The van der Waals surface area contributed by atoms with Gasteiger partial charge in [0.1, 0.15) is 5.82 Å². The first-order valence-corrected chi connectivity index (χ1v) is 6.75. The van der Waals surface area contributed by atoms with Crippen LogP contribution < -0.4 is 0 Å². The Hall–Kier alpha value is -2.60. The molecule has 1 aliphatic heterocycles. The van der Waals surface area contributed by atoms with Crippen LogP contribution in [0, 0.1) is 17.5 Å². The van der Waals surface area contributed by atoms with E-state index in [4.69, 9.17) is 16.3 Å². The van der Waals surface area contributed by atoms with Gasteiger partial charge in [0.25, 0.3) is 0 Å². The van der Waals surface area contributed by atoms with Gasteiger partial charge in [-0.1, -0.05) is 29.8 Å². The van der Waals surface area contributed by atoms with Crippen LogP contribution in [0.5, 0.6) is 0 Å². The van der Waals surface area contributed by atoms with Crippen LogP contribution in [-0.2, 0) is 9.53 Å². The molecule has 0 bridgehead atoms. The van der Waals surface area contributed by atoms with E-state index in [2.05, 4.69) is 4.99 Å². The van der Waals surface area contributed by atoms with E-state index in [1.54, 1.807) is 6.07 Å². The number of cyclic esters (lactones) is 1. The second-order valence-corrected chi connectivity index (χ2v) is 5.01. The maximum Gasteiger partial charge on any atom is 0.363 e. The molecule has 3 nitrogen and oxygen atoms in total. The lowest BCUT2D eigenvalue weighted by Gasteiger charge is -2.03. The van der Waals surface area contributed by atoms with Crippen LogP contribution >= 0.6 is 11.6 Å². The number of hydrogen-bond donors (Lipinski definition) is 0. The molecule has 0 radical (unpaired) electrons. The number of ether oxygens (including phenoxy) is 1. The van der Waals surface area contributed by atoms with Gasteiger partial charge in [0.15, 0.2) is 17.3 Å². The SMILES string of the molecule is O=C1OC(c2cc(F)c(F)cc2Cl)=N/C1=C\c1ccccc1F. The van der Waals surface area contributed by atoms with Crippen LogP contribution in [0.4, 0.5) is 13.2 Å². The van der Waals surface area contributed by atoms with E-state index < -0.39 is 23.4 Å². The third kappa shape index (κ3) is 2.98. The lowest BCUT2D eigenvalue weighted by molar-refractivity contribution is -0.129. The highest BCUT2D eigenvalue weighted by molar-refractivity contribution is 6.34. The molecule has 1 aliphatic rings. The molecule has 0 atom stereocenters. The average molecular weight is 338 g/mol. The smallest absolute Gasteiger partial charge is 0.363 e. The van der Waals surface area contributed by atoms with E-state index in [9.17, 15) is 18.0 Å². The fourth-order valence-corrected chi connectivity index (χ4v) is 2.18. The van der Waals surface area contributed by atoms with Crippen LogP contribution in [0.1, 0.15) is 11.1 Å². The maximum absolute atomic E-state index is 13.6. The molecule has 2 aromatic rings. The highest BCUT2D eigenvalue weighted by Gasteiger charge is 2.27. The zero-order valence-corrected chi connectivity index (χ0v) is 12.1. The Bertz CT molecular complexity index is 878. The molecule has 23 heavy (non-hydrogen) atoms. The molecular weight excluding hydrogens is 331 g/mol. The number of esters is 1. The van der Waals surface area contributed by atoms with Crippen LogP contribution in [0.3, 0.4) is 0 Å². The normalized spacial score (nSPS) is 15.7. The van der Waals surface area contributed by atoms with Crippen molar-refractivity contribution in [2.75, 3.05) is 0 Å². The largest absolute Gasteiger partial charge is 0.402 e. The molecule has 0 saturated heterocycles. The zero-order chi connectivity index (χ0) is 16.6. The summed E-state index contributed by atoms with van der Waals surface area (Å²) >= 11 is 5.80. The van der Waals surface area contributed by atoms with Gasteiger partial charge in [-0.05, 0) is 24.3 Å². The second kappa shape index (κ2) is 5.89. The number of benzene rings is 2. The number of carbonyl (C=O) groups is 1. The van der Waals surface area contributed by atoms with E-state index in [1.807, 2.05) is 0 Å². The summed E-state index contributed by atoms with van der Waals surface area (Å²) in [5.41, 5.74) is -0.109. The summed E-state index contributed by atoms with van der Waals surface area (Å²) in [7, 11) is 0. The molecule has 0 spiro atoms. The third-order valence-corrected chi connectivity index (χ3v) is 3.37. The van der Waals surface area contributed by atoms with Crippen LogP contribution in [0.15, 0.2) is 47.1 Å². The van der Waals surface area contributed by atoms with Crippen molar-refractivity contribution >= 4 is 29.5 Å². The molecule has 0 saturated carbocycles. The summed E-state index contributed by atoms with van der Waals surface area (Å²) in [5, 5.41) is -0.164. The van der Waals surface area contributed by atoms with Crippen molar-refractivity contribution in [2.45, 2.75) is 0 Å². The van der Waals surface area contributed by atoms with Gasteiger partial charge < -0.3 is 4.74 Å². The lowest BCUT2D eigenvalue weighted by Crippen LogP contribution is -2.07. The Labute approximate surface area is 133 Å². The quantitative estimate of drug-likeness (QED) is 0.470. The van der Waals surface area contributed by atoms with Gasteiger partial charge in [0.2, 0.25) is 5.90 Å². The molecule has 7 heteroatoms. The van der Waals surface area contributed by atoms with Crippen molar-refractivity contribution < 1.29 is 22.7 Å². The molecule has 0 fully saturated rings. The molecule has 0 unspecified atom stereocenters. The van der Waals surface area contributed by atoms with Gasteiger partial charge in [0, 0.05) is 5.56 Å². The van der Waals surface area contributed by atoms with Gasteiger partial charge in [-0.3, -0.25) is 0 Å². The number of nitrogens with zero attached hydrogens (tertiary/aromatic N) is 1. The molecule has 0 amide bonds. The van der Waals surface area contributed by atoms with Crippen molar-refractivity contribution in [3.63, 3.8) is 0 Å². The fourth-order valence-electron chi connectivity index (χ4n) is 1.95. The van der Waals surface area contributed by atoms with E-state index >= 15 is 0 Å². The fraction of sp³-hybridized carbons (Fsp3) is 0. The minimum atomic E-state index is -1.16. The molecule has 2 aromatic carbocycles. The molecule has 0 aliphatic carbocycles. The lowest BCUT2D eigenvalue weighted by atomic mass is 10.2. The van der Waals surface area contributed by atoms with Gasteiger partial charge in [-0.15, -0.1) is 0 Å². The number of aliphatic imine (C=N–C) groups is 1. The van der Waals surface area contributed by atoms with Crippen LogP contribution in [-0.4, -0.2) is 11.9 Å². The minimum Gasteiger partial charge on any atom is -0.402 e. The highest BCUT2D eigenvalue weighted by atomic mass is 35.5. The van der Waals surface area contributed by atoms with Crippen molar-refractivity contribution in [2.24, 2.45) is 4.99 Å².